The molecule has 27 heavy (non-hydrogen) atoms. The number of hydrogen-bond donors (Lipinski definition) is 2. The number of carbonyl (C=O) groups excluding carboxylic acids is 2. The predicted molar refractivity (Wildman–Crippen MR) is 108 cm³/mol. The van der Waals surface area contributed by atoms with Crippen LogP contribution in [0, 0.1) is 0 Å². The molecule has 1 atom stereocenters. The van der Waals surface area contributed by atoms with Crippen LogP contribution in [0.3, 0.4) is 0 Å². The van der Waals surface area contributed by atoms with Crippen LogP contribution in [0.5, 0.6) is 0 Å². The third kappa shape index (κ3) is 4.59. The normalized spacial score (nSPS) is 16.0. The number of benzene rings is 2. The van der Waals surface area contributed by atoms with E-state index in [2.05, 4.69) is 15.1 Å². The van der Waals surface area contributed by atoms with Gasteiger partial charge in [0.1, 0.15) is 0 Å². The van der Waals surface area contributed by atoms with E-state index >= 15 is 0 Å². The molecular weight excluding hydrogens is 364 g/mol. The molecule has 2 amide bonds. The Labute approximate surface area is 163 Å². The molecule has 6 nitrogen and oxygen atoms in total. The van der Waals surface area contributed by atoms with E-state index in [4.69, 9.17) is 17.3 Å². The number of piperazine rings is 1. The summed E-state index contributed by atoms with van der Waals surface area (Å²) in [5.74, 6) is -0.564. The maximum absolute atomic E-state index is 12.6. The molecule has 1 saturated heterocycles. The van der Waals surface area contributed by atoms with E-state index in [-0.39, 0.29) is 11.9 Å². The Bertz CT molecular complexity index is 817. The van der Waals surface area contributed by atoms with Crippen LogP contribution < -0.4 is 16.0 Å². The number of amides is 2. The first-order valence-electron chi connectivity index (χ1n) is 8.90. The molecule has 2 aromatic rings. The Morgan fingerprint density at radius 2 is 1.67 bits per heavy atom. The van der Waals surface area contributed by atoms with E-state index in [1.165, 1.54) is 0 Å². The van der Waals surface area contributed by atoms with Crippen molar-refractivity contribution in [2.45, 2.75) is 13.0 Å². The summed E-state index contributed by atoms with van der Waals surface area (Å²) in [5, 5.41) is 3.64. The number of rotatable bonds is 5. The van der Waals surface area contributed by atoms with Crippen molar-refractivity contribution in [3.05, 3.63) is 59.1 Å². The minimum atomic E-state index is -0.488. The molecule has 1 heterocycles. The summed E-state index contributed by atoms with van der Waals surface area (Å²) in [4.78, 5) is 28.1. The Morgan fingerprint density at radius 3 is 2.26 bits per heavy atom. The second-order valence-corrected chi connectivity index (χ2v) is 6.99. The van der Waals surface area contributed by atoms with Crippen LogP contribution in [0.25, 0.3) is 0 Å². The van der Waals surface area contributed by atoms with Crippen LogP contribution in [0.4, 0.5) is 11.4 Å². The highest BCUT2D eigenvalue weighted by molar-refractivity contribution is 6.33. The molecule has 0 aromatic heterocycles. The second-order valence-electron chi connectivity index (χ2n) is 6.58. The number of nitrogens with two attached hydrogens (primary N) is 1. The average Bonchev–Trinajstić information content (AvgIpc) is 2.68. The zero-order valence-corrected chi connectivity index (χ0v) is 15.9. The van der Waals surface area contributed by atoms with Crippen molar-refractivity contribution >= 4 is 34.8 Å². The maximum Gasteiger partial charge on any atom is 0.248 e. The molecular formula is C20H23ClN4O2. The molecule has 0 spiro atoms. The Kier molecular flexibility index (Phi) is 5.98. The van der Waals surface area contributed by atoms with Crippen LogP contribution in [-0.2, 0) is 4.79 Å². The van der Waals surface area contributed by atoms with Gasteiger partial charge < -0.3 is 16.0 Å². The van der Waals surface area contributed by atoms with Gasteiger partial charge in [-0.2, -0.15) is 0 Å². The topological polar surface area (TPSA) is 78.7 Å². The monoisotopic (exact) mass is 386 g/mol. The molecule has 3 rings (SSSR count). The molecule has 1 fully saturated rings. The van der Waals surface area contributed by atoms with Crippen LogP contribution in [0.2, 0.25) is 5.02 Å². The fraction of sp³-hybridized carbons (Fsp3) is 0.300. The maximum atomic E-state index is 12.6. The van der Waals surface area contributed by atoms with Gasteiger partial charge in [0.05, 0.1) is 16.8 Å². The lowest BCUT2D eigenvalue weighted by Gasteiger charge is -2.38. The lowest BCUT2D eigenvalue weighted by atomic mass is 10.1. The number of carbonyl (C=O) groups is 2. The van der Waals surface area contributed by atoms with Gasteiger partial charge in [0.25, 0.3) is 0 Å². The lowest BCUT2D eigenvalue weighted by molar-refractivity contribution is -0.120. The first-order valence-corrected chi connectivity index (χ1v) is 9.28. The van der Waals surface area contributed by atoms with Gasteiger partial charge in [-0.3, -0.25) is 14.5 Å². The fourth-order valence-electron chi connectivity index (χ4n) is 3.19. The van der Waals surface area contributed by atoms with Gasteiger partial charge in [0.2, 0.25) is 11.8 Å². The Morgan fingerprint density at radius 1 is 1.04 bits per heavy atom. The molecule has 3 N–H and O–H groups in total. The standard InChI is InChI=1S/C20H23ClN4O2/c1-14(20(27)23-16-8-6-15(7-9-16)19(22)26)24-10-12-25(13-11-24)18-5-3-2-4-17(18)21/h2-9,14H,10-13H2,1H3,(H2,22,26)(H,23,27)/t14-/m1/s1. The van der Waals surface area contributed by atoms with Gasteiger partial charge in [0, 0.05) is 37.4 Å². The van der Waals surface area contributed by atoms with Gasteiger partial charge in [0.15, 0.2) is 0 Å². The minimum Gasteiger partial charge on any atom is -0.368 e. The van der Waals surface area contributed by atoms with Gasteiger partial charge in [-0.25, -0.2) is 0 Å². The molecule has 0 bridgehead atoms. The highest BCUT2D eigenvalue weighted by atomic mass is 35.5. The quantitative estimate of drug-likeness (QED) is 0.827. The summed E-state index contributed by atoms with van der Waals surface area (Å²) in [5.41, 5.74) is 7.32. The molecule has 0 radical (unpaired) electrons. The van der Waals surface area contributed by atoms with E-state index in [1.807, 2.05) is 31.2 Å². The van der Waals surface area contributed by atoms with Crippen molar-refractivity contribution in [3.63, 3.8) is 0 Å². The second kappa shape index (κ2) is 8.41. The smallest absolute Gasteiger partial charge is 0.248 e. The van der Waals surface area contributed by atoms with Crippen LogP contribution in [0.15, 0.2) is 48.5 Å². The molecule has 7 heteroatoms. The summed E-state index contributed by atoms with van der Waals surface area (Å²) in [7, 11) is 0. The van der Waals surface area contributed by atoms with E-state index in [0.717, 1.165) is 36.9 Å². The molecule has 0 unspecified atom stereocenters. The minimum absolute atomic E-state index is 0.0759. The molecule has 0 aliphatic carbocycles. The molecule has 2 aromatic carbocycles. The van der Waals surface area contributed by atoms with E-state index < -0.39 is 5.91 Å². The molecule has 142 valence electrons. The van der Waals surface area contributed by atoms with Crippen LogP contribution in [-0.4, -0.2) is 48.9 Å². The first-order chi connectivity index (χ1) is 13.0. The summed E-state index contributed by atoms with van der Waals surface area (Å²) in [6, 6.07) is 14.1. The summed E-state index contributed by atoms with van der Waals surface area (Å²) < 4.78 is 0. The lowest BCUT2D eigenvalue weighted by Crippen LogP contribution is -2.52. The Balaban J connectivity index is 1.55. The molecule has 1 aliphatic heterocycles. The van der Waals surface area contributed by atoms with Crippen molar-refractivity contribution in [2.24, 2.45) is 5.73 Å². The zero-order chi connectivity index (χ0) is 19.4. The van der Waals surface area contributed by atoms with Crippen molar-refractivity contribution in [1.82, 2.24) is 4.90 Å². The highest BCUT2D eigenvalue weighted by Gasteiger charge is 2.26. The van der Waals surface area contributed by atoms with E-state index in [1.54, 1.807) is 24.3 Å². The van der Waals surface area contributed by atoms with Crippen LogP contribution in [0.1, 0.15) is 17.3 Å². The number of para-hydroxylation sites is 1. The van der Waals surface area contributed by atoms with Gasteiger partial charge in [-0.1, -0.05) is 23.7 Å². The number of primary amides is 1. The third-order valence-corrected chi connectivity index (χ3v) is 5.19. The van der Waals surface area contributed by atoms with Gasteiger partial charge >= 0.3 is 0 Å². The van der Waals surface area contributed by atoms with Crippen LogP contribution >= 0.6 is 11.6 Å². The SMILES string of the molecule is C[C@H](C(=O)Nc1ccc(C(N)=O)cc1)N1CCN(c2ccccc2Cl)CC1. The number of nitrogens with one attached hydrogen (secondary N) is 1. The summed E-state index contributed by atoms with van der Waals surface area (Å²) in [6.45, 7) is 5.09. The van der Waals surface area contributed by atoms with Gasteiger partial charge in [-0.15, -0.1) is 0 Å². The zero-order valence-electron chi connectivity index (χ0n) is 15.2. The predicted octanol–water partition coefficient (Wildman–Crippen LogP) is 2.59. The summed E-state index contributed by atoms with van der Waals surface area (Å²) >= 11 is 6.28. The highest BCUT2D eigenvalue weighted by Crippen LogP contribution is 2.26. The van der Waals surface area contributed by atoms with Crippen molar-refractivity contribution in [1.29, 1.82) is 0 Å². The van der Waals surface area contributed by atoms with Crippen molar-refractivity contribution in [2.75, 3.05) is 36.4 Å². The number of halogens is 1. The van der Waals surface area contributed by atoms with Crippen molar-refractivity contribution < 1.29 is 9.59 Å². The number of nitrogens with zero attached hydrogens (tertiary/aromatic N) is 2. The fourth-order valence-corrected chi connectivity index (χ4v) is 3.44. The van der Waals surface area contributed by atoms with Gasteiger partial charge in [-0.05, 0) is 43.3 Å². The number of hydrogen-bond acceptors (Lipinski definition) is 4. The van der Waals surface area contributed by atoms with E-state index in [9.17, 15) is 9.59 Å². The summed E-state index contributed by atoms with van der Waals surface area (Å²) in [6.07, 6.45) is 0. The Hall–Kier alpha value is -2.57. The third-order valence-electron chi connectivity index (χ3n) is 4.87. The number of anilines is 2. The van der Waals surface area contributed by atoms with E-state index in [0.29, 0.717) is 11.3 Å². The van der Waals surface area contributed by atoms with Crippen molar-refractivity contribution in [3.8, 4) is 0 Å². The average molecular weight is 387 g/mol. The molecule has 1 aliphatic rings. The molecule has 0 saturated carbocycles. The largest absolute Gasteiger partial charge is 0.368 e. The first kappa shape index (κ1) is 19.2.